The number of imidazole rings is 1. The molecule has 2 heterocycles. The molecule has 0 aliphatic heterocycles. The molecule has 1 unspecified atom stereocenters. The number of aromatic nitrogens is 4. The second-order valence-electron chi connectivity index (χ2n) is 8.69. The monoisotopic (exact) mass is 506 g/mol. The molecule has 0 spiro atoms. The first-order valence-corrected chi connectivity index (χ1v) is 11.4. The smallest absolute Gasteiger partial charge is 0.416 e. The van der Waals surface area contributed by atoms with Gasteiger partial charge in [-0.25, -0.2) is 19.7 Å². The number of carbonyl (C=O) groups is 2. The normalized spacial score (nSPS) is 14.9. The minimum Gasteiger partial charge on any atom is -0.475 e. The number of carboxylic acid groups (broad SMARTS) is 1. The minimum absolute atomic E-state index is 0.0493. The fraction of sp³-hybridized carbons (Fsp3) is 0.435. The Kier molecular flexibility index (Phi) is 7.11. The molecule has 1 fully saturated rings. The van der Waals surface area contributed by atoms with Crippen molar-refractivity contribution in [1.82, 2.24) is 24.8 Å². The predicted molar refractivity (Wildman–Crippen MR) is 123 cm³/mol. The van der Waals surface area contributed by atoms with Crippen LogP contribution in [-0.4, -0.2) is 60.8 Å². The summed E-state index contributed by atoms with van der Waals surface area (Å²) in [5, 5.41) is 24.3. The molecule has 1 aromatic carbocycles. The van der Waals surface area contributed by atoms with Crippen molar-refractivity contribution in [2.45, 2.75) is 44.9 Å². The number of aliphatic hydroxyl groups excluding tert-OH is 1. The van der Waals surface area contributed by atoms with Crippen molar-refractivity contribution >= 4 is 28.9 Å². The summed E-state index contributed by atoms with van der Waals surface area (Å²) in [7, 11) is 0. The van der Waals surface area contributed by atoms with Crippen molar-refractivity contribution in [3.8, 4) is 0 Å². The van der Waals surface area contributed by atoms with Crippen LogP contribution >= 0.6 is 0 Å². The van der Waals surface area contributed by atoms with Crippen LogP contribution in [0.1, 0.15) is 58.6 Å². The van der Waals surface area contributed by atoms with E-state index in [9.17, 15) is 27.9 Å². The van der Waals surface area contributed by atoms with Crippen molar-refractivity contribution < 1.29 is 33.0 Å². The maximum Gasteiger partial charge on any atom is 0.416 e. The summed E-state index contributed by atoms with van der Waals surface area (Å²) in [6.07, 6.45) is -1.38. The maximum absolute atomic E-state index is 13.0. The zero-order valence-corrected chi connectivity index (χ0v) is 19.3. The zero-order chi connectivity index (χ0) is 26.0. The fourth-order valence-corrected chi connectivity index (χ4v) is 4.06. The number of aliphatic hydroxyl groups is 1. The van der Waals surface area contributed by atoms with E-state index in [1.807, 2.05) is 6.92 Å². The number of hydrogen-bond acceptors (Lipinski definition) is 7. The van der Waals surface area contributed by atoms with E-state index in [-0.39, 0.29) is 48.5 Å². The molecule has 0 bridgehead atoms. The summed E-state index contributed by atoms with van der Waals surface area (Å²) in [6.45, 7) is 1.51. The average Bonchev–Trinajstić information content (AvgIpc) is 3.14. The molecule has 0 radical (unpaired) electrons. The number of benzene rings is 1. The summed E-state index contributed by atoms with van der Waals surface area (Å²) in [5.41, 5.74) is -0.167. The van der Waals surface area contributed by atoms with E-state index in [2.05, 4.69) is 25.6 Å². The van der Waals surface area contributed by atoms with Gasteiger partial charge in [-0.3, -0.25) is 4.79 Å². The molecule has 192 valence electrons. The molecular weight excluding hydrogens is 481 g/mol. The molecule has 10 nitrogen and oxygen atoms in total. The quantitative estimate of drug-likeness (QED) is 0.347. The van der Waals surface area contributed by atoms with Crippen LogP contribution in [0.5, 0.6) is 0 Å². The highest BCUT2D eigenvalue weighted by atomic mass is 19.4. The standard InChI is InChI=1S/C23H25F3N6O4/c1-12(14-3-2-4-14)28-17-16-18(30-19(29-17)22(35)36)31-20(21(34)27-9-10-33)32(16)11-13-5-7-15(8-6-13)23(24,25)26/h5-8,12,14,33H,2-4,9-11H2,1H3,(H,27,34)(H,35,36)(H,28,29,30). The van der Waals surface area contributed by atoms with Gasteiger partial charge in [-0.15, -0.1) is 0 Å². The van der Waals surface area contributed by atoms with Crippen LogP contribution in [0.2, 0.25) is 0 Å². The molecule has 1 aliphatic rings. The van der Waals surface area contributed by atoms with Gasteiger partial charge in [0.05, 0.1) is 18.7 Å². The number of anilines is 1. The summed E-state index contributed by atoms with van der Waals surface area (Å²) >= 11 is 0. The van der Waals surface area contributed by atoms with Crippen molar-refractivity contribution in [1.29, 1.82) is 0 Å². The molecular formula is C23H25F3N6O4. The average molecular weight is 506 g/mol. The van der Waals surface area contributed by atoms with E-state index in [0.717, 1.165) is 31.4 Å². The van der Waals surface area contributed by atoms with Crippen LogP contribution in [0.15, 0.2) is 24.3 Å². The third-order valence-electron chi connectivity index (χ3n) is 6.24. The van der Waals surface area contributed by atoms with E-state index in [0.29, 0.717) is 11.5 Å². The number of nitrogens with one attached hydrogen (secondary N) is 2. The van der Waals surface area contributed by atoms with Crippen LogP contribution in [-0.2, 0) is 12.7 Å². The van der Waals surface area contributed by atoms with Gasteiger partial charge >= 0.3 is 12.1 Å². The van der Waals surface area contributed by atoms with E-state index < -0.39 is 29.4 Å². The largest absolute Gasteiger partial charge is 0.475 e. The maximum atomic E-state index is 13.0. The second kappa shape index (κ2) is 10.1. The molecule has 36 heavy (non-hydrogen) atoms. The number of carboxylic acids is 1. The second-order valence-corrected chi connectivity index (χ2v) is 8.69. The van der Waals surface area contributed by atoms with Crippen molar-refractivity contribution in [2.75, 3.05) is 18.5 Å². The molecule has 2 aromatic heterocycles. The van der Waals surface area contributed by atoms with E-state index in [1.165, 1.54) is 16.7 Å². The van der Waals surface area contributed by atoms with Gasteiger partial charge in [0, 0.05) is 12.6 Å². The number of rotatable bonds is 9. The molecule has 0 saturated heterocycles. The molecule has 1 saturated carbocycles. The first-order valence-electron chi connectivity index (χ1n) is 11.4. The Balaban J connectivity index is 1.83. The molecule has 1 aliphatic carbocycles. The lowest BCUT2D eigenvalue weighted by molar-refractivity contribution is -0.137. The zero-order valence-electron chi connectivity index (χ0n) is 19.3. The highest BCUT2D eigenvalue weighted by Gasteiger charge is 2.31. The molecule has 13 heteroatoms. The lowest BCUT2D eigenvalue weighted by atomic mass is 9.80. The number of carbonyl (C=O) groups excluding carboxylic acids is 1. The number of fused-ring (bicyclic) bond motifs is 1. The van der Waals surface area contributed by atoms with Crippen LogP contribution in [0.4, 0.5) is 19.0 Å². The van der Waals surface area contributed by atoms with Gasteiger partial charge < -0.3 is 25.4 Å². The van der Waals surface area contributed by atoms with Crippen LogP contribution in [0.3, 0.4) is 0 Å². The summed E-state index contributed by atoms with van der Waals surface area (Å²) in [5.74, 6) is -2.16. The number of alkyl halides is 3. The molecule has 1 amide bonds. The van der Waals surface area contributed by atoms with Gasteiger partial charge in [0.15, 0.2) is 11.5 Å². The number of amides is 1. The number of halogens is 3. The van der Waals surface area contributed by atoms with Crippen molar-refractivity contribution in [3.05, 3.63) is 47.0 Å². The Morgan fingerprint density at radius 2 is 1.86 bits per heavy atom. The molecule has 4 rings (SSSR count). The molecule has 3 aromatic rings. The Morgan fingerprint density at radius 1 is 1.17 bits per heavy atom. The Morgan fingerprint density at radius 3 is 2.42 bits per heavy atom. The topological polar surface area (TPSA) is 142 Å². The number of aromatic carboxylic acids is 1. The lowest BCUT2D eigenvalue weighted by Crippen LogP contribution is -2.32. The summed E-state index contributed by atoms with van der Waals surface area (Å²) < 4.78 is 40.5. The number of nitrogens with zero attached hydrogens (tertiary/aromatic N) is 4. The first kappa shape index (κ1) is 25.4. The Hall–Kier alpha value is -3.74. The third kappa shape index (κ3) is 5.25. The van der Waals surface area contributed by atoms with E-state index >= 15 is 0 Å². The van der Waals surface area contributed by atoms with Crippen LogP contribution in [0.25, 0.3) is 11.2 Å². The van der Waals surface area contributed by atoms with E-state index in [4.69, 9.17) is 5.11 Å². The van der Waals surface area contributed by atoms with Gasteiger partial charge in [0.1, 0.15) is 5.52 Å². The highest BCUT2D eigenvalue weighted by Crippen LogP contribution is 2.33. The van der Waals surface area contributed by atoms with E-state index in [1.54, 1.807) is 0 Å². The molecule has 1 atom stereocenters. The van der Waals surface area contributed by atoms with Crippen molar-refractivity contribution in [2.24, 2.45) is 5.92 Å². The van der Waals surface area contributed by atoms with Crippen LogP contribution in [0, 0.1) is 5.92 Å². The molecule has 4 N–H and O–H groups in total. The van der Waals surface area contributed by atoms with Gasteiger partial charge in [0.25, 0.3) is 5.91 Å². The van der Waals surface area contributed by atoms with Crippen molar-refractivity contribution in [3.63, 3.8) is 0 Å². The fourth-order valence-electron chi connectivity index (χ4n) is 4.06. The summed E-state index contributed by atoms with van der Waals surface area (Å²) in [4.78, 5) is 36.9. The number of hydrogen-bond donors (Lipinski definition) is 4. The summed E-state index contributed by atoms with van der Waals surface area (Å²) in [6, 6.07) is 4.41. The van der Waals surface area contributed by atoms with Gasteiger partial charge in [-0.2, -0.15) is 13.2 Å². The van der Waals surface area contributed by atoms with Gasteiger partial charge in [0.2, 0.25) is 11.6 Å². The van der Waals surface area contributed by atoms with Crippen LogP contribution < -0.4 is 10.6 Å². The highest BCUT2D eigenvalue weighted by molar-refractivity contribution is 5.97. The Labute approximate surface area is 203 Å². The first-order chi connectivity index (χ1) is 17.1. The Bertz CT molecular complexity index is 1270. The SMILES string of the molecule is CC(Nc1nc(C(=O)O)nc2nc(C(=O)NCCO)n(Cc3ccc(C(F)(F)F)cc3)c12)C1CCC1. The third-order valence-corrected chi connectivity index (χ3v) is 6.24. The lowest BCUT2D eigenvalue weighted by Gasteiger charge is -2.32. The van der Waals surface area contributed by atoms with Gasteiger partial charge in [-0.1, -0.05) is 18.6 Å². The predicted octanol–water partition coefficient (Wildman–Crippen LogP) is 2.91. The minimum atomic E-state index is -4.49. The van der Waals surface area contributed by atoms with Gasteiger partial charge in [-0.05, 0) is 43.4 Å².